The molecule has 0 fully saturated rings. The summed E-state index contributed by atoms with van der Waals surface area (Å²) in [5, 5.41) is 21.3. The zero-order chi connectivity index (χ0) is 23.2. The summed E-state index contributed by atoms with van der Waals surface area (Å²) in [5.41, 5.74) is 5.58. The second-order valence-electron chi connectivity index (χ2n) is 7.01. The molecule has 33 heavy (non-hydrogen) atoms. The number of ether oxygens (including phenoxy) is 1. The van der Waals surface area contributed by atoms with Crippen LogP contribution in [0.2, 0.25) is 5.02 Å². The normalized spacial score (nSPS) is 11.0. The van der Waals surface area contributed by atoms with Crippen molar-refractivity contribution in [3.8, 4) is 22.8 Å². The molecule has 0 atom stereocenters. The Balaban J connectivity index is 1.35. The number of aromatic hydroxyl groups is 1. The maximum Gasteiger partial charge on any atom is 0.289 e. The van der Waals surface area contributed by atoms with E-state index in [1.807, 2.05) is 48.5 Å². The molecule has 0 aliphatic heterocycles. The zero-order valence-electron chi connectivity index (χ0n) is 17.1. The number of halogens is 2. The minimum atomic E-state index is -0.456. The second kappa shape index (κ2) is 10.3. The van der Waals surface area contributed by atoms with Crippen LogP contribution < -0.4 is 10.2 Å². The van der Waals surface area contributed by atoms with Crippen LogP contribution in [0.1, 0.15) is 21.6 Å². The number of carbonyl (C=O) groups is 1. The topological polar surface area (TPSA) is 99.6 Å². The van der Waals surface area contributed by atoms with Crippen LogP contribution in [-0.2, 0) is 6.61 Å². The van der Waals surface area contributed by atoms with Gasteiger partial charge in [0.25, 0.3) is 5.91 Å². The van der Waals surface area contributed by atoms with Crippen LogP contribution in [0.25, 0.3) is 11.3 Å². The lowest BCUT2D eigenvalue weighted by Gasteiger charge is -2.07. The fraction of sp³-hybridized carbons (Fsp3) is 0.0417. The van der Waals surface area contributed by atoms with E-state index in [1.165, 1.54) is 12.3 Å². The molecule has 0 spiro atoms. The first-order valence-electron chi connectivity index (χ1n) is 9.83. The maximum absolute atomic E-state index is 12.3. The number of carbonyl (C=O) groups excluding carboxylic acids is 1. The number of rotatable bonds is 7. The SMILES string of the molecule is O=C(NN=Cc1cc(Br)ccc1O)c1cc(-c2ccc(OCc3ccc(Cl)cc3)cc2)n[nH]1. The van der Waals surface area contributed by atoms with Crippen LogP contribution in [0.5, 0.6) is 11.5 Å². The van der Waals surface area contributed by atoms with Gasteiger partial charge in [-0.3, -0.25) is 9.89 Å². The first-order valence-corrected chi connectivity index (χ1v) is 11.0. The quantitative estimate of drug-likeness (QED) is 0.218. The number of hydrogen-bond donors (Lipinski definition) is 3. The van der Waals surface area contributed by atoms with Crippen molar-refractivity contribution in [3.05, 3.63) is 99.1 Å². The molecule has 0 bridgehead atoms. The van der Waals surface area contributed by atoms with Gasteiger partial charge in [-0.15, -0.1) is 0 Å². The molecule has 9 heteroatoms. The Morgan fingerprint density at radius 1 is 1.12 bits per heavy atom. The molecule has 0 radical (unpaired) electrons. The molecule has 0 saturated carbocycles. The van der Waals surface area contributed by atoms with Crippen molar-refractivity contribution >= 4 is 39.7 Å². The van der Waals surface area contributed by atoms with E-state index >= 15 is 0 Å². The lowest BCUT2D eigenvalue weighted by molar-refractivity contribution is 0.0950. The average Bonchev–Trinajstić information content (AvgIpc) is 3.32. The molecule has 0 aliphatic carbocycles. The molecule has 1 amide bonds. The van der Waals surface area contributed by atoms with E-state index < -0.39 is 5.91 Å². The number of phenolic OH excluding ortho intramolecular Hbond substituents is 1. The summed E-state index contributed by atoms with van der Waals surface area (Å²) in [5.74, 6) is 0.315. The number of benzene rings is 3. The minimum absolute atomic E-state index is 0.0561. The van der Waals surface area contributed by atoms with Gasteiger partial charge in [-0.2, -0.15) is 10.2 Å². The Labute approximate surface area is 203 Å². The number of nitrogens with one attached hydrogen (secondary N) is 2. The third-order valence-corrected chi connectivity index (χ3v) is 5.40. The number of aromatic nitrogens is 2. The molecule has 0 saturated heterocycles. The number of H-pyrrole nitrogens is 1. The Morgan fingerprint density at radius 2 is 1.88 bits per heavy atom. The van der Waals surface area contributed by atoms with E-state index in [0.717, 1.165) is 15.6 Å². The van der Waals surface area contributed by atoms with Crippen LogP contribution >= 0.6 is 27.5 Å². The number of aromatic amines is 1. The highest BCUT2D eigenvalue weighted by Gasteiger charge is 2.11. The van der Waals surface area contributed by atoms with Crippen LogP contribution in [0, 0.1) is 0 Å². The van der Waals surface area contributed by atoms with Gasteiger partial charge < -0.3 is 9.84 Å². The monoisotopic (exact) mass is 524 g/mol. The number of amides is 1. The second-order valence-corrected chi connectivity index (χ2v) is 8.36. The largest absolute Gasteiger partial charge is 0.507 e. The van der Waals surface area contributed by atoms with Crippen LogP contribution in [-0.4, -0.2) is 27.4 Å². The summed E-state index contributed by atoms with van der Waals surface area (Å²) < 4.78 is 6.58. The van der Waals surface area contributed by atoms with Gasteiger partial charge in [0, 0.05) is 20.6 Å². The Bertz CT molecular complexity index is 1290. The zero-order valence-corrected chi connectivity index (χ0v) is 19.5. The van der Waals surface area contributed by atoms with Crippen molar-refractivity contribution in [2.75, 3.05) is 0 Å². The van der Waals surface area contributed by atoms with Gasteiger partial charge in [0.05, 0.1) is 11.9 Å². The highest BCUT2D eigenvalue weighted by molar-refractivity contribution is 9.10. The Morgan fingerprint density at radius 3 is 2.64 bits per heavy atom. The lowest BCUT2D eigenvalue weighted by atomic mass is 10.1. The fourth-order valence-electron chi connectivity index (χ4n) is 2.90. The lowest BCUT2D eigenvalue weighted by Crippen LogP contribution is -2.18. The summed E-state index contributed by atoms with van der Waals surface area (Å²) in [7, 11) is 0. The van der Waals surface area contributed by atoms with Gasteiger partial charge in [0.15, 0.2) is 0 Å². The summed E-state index contributed by atoms with van der Waals surface area (Å²) in [4.78, 5) is 12.3. The first kappa shape index (κ1) is 22.6. The summed E-state index contributed by atoms with van der Waals surface area (Å²) in [6, 6.07) is 21.4. The predicted molar refractivity (Wildman–Crippen MR) is 131 cm³/mol. The molecular weight excluding hydrogens is 508 g/mol. The van der Waals surface area contributed by atoms with Crippen LogP contribution in [0.15, 0.2) is 82.4 Å². The van der Waals surface area contributed by atoms with E-state index in [4.69, 9.17) is 16.3 Å². The molecule has 0 aliphatic rings. The minimum Gasteiger partial charge on any atom is -0.507 e. The number of hydrazone groups is 1. The van der Waals surface area contributed by atoms with Crippen molar-refractivity contribution < 1.29 is 14.6 Å². The molecule has 4 rings (SSSR count). The number of nitrogens with zero attached hydrogens (tertiary/aromatic N) is 2. The van der Waals surface area contributed by atoms with Crippen molar-refractivity contribution in [2.45, 2.75) is 6.61 Å². The molecule has 0 unspecified atom stereocenters. The molecule has 1 heterocycles. The Hall–Kier alpha value is -3.62. The third kappa shape index (κ3) is 6.00. The average molecular weight is 526 g/mol. The summed E-state index contributed by atoms with van der Waals surface area (Å²) in [6.45, 7) is 0.432. The molecule has 3 N–H and O–H groups in total. The van der Waals surface area contributed by atoms with Gasteiger partial charge in [-0.1, -0.05) is 39.7 Å². The van der Waals surface area contributed by atoms with Gasteiger partial charge in [0.2, 0.25) is 0 Å². The molecule has 7 nitrogen and oxygen atoms in total. The molecule has 3 aromatic carbocycles. The fourth-order valence-corrected chi connectivity index (χ4v) is 3.41. The molecule has 4 aromatic rings. The van der Waals surface area contributed by atoms with E-state index in [1.54, 1.807) is 18.2 Å². The Kier molecular flexibility index (Phi) is 7.07. The van der Waals surface area contributed by atoms with E-state index in [-0.39, 0.29) is 11.4 Å². The standard InChI is InChI=1S/C24H18BrClN4O3/c25-18-5-10-23(31)17(11-18)13-27-30-24(32)22-12-21(28-29-22)16-3-8-20(9-4-16)33-14-15-1-6-19(26)7-2-15/h1-13,31H,14H2,(H,28,29)(H,30,32). The highest BCUT2D eigenvalue weighted by atomic mass is 79.9. The number of hydrogen-bond acceptors (Lipinski definition) is 5. The molecular formula is C24H18BrClN4O3. The van der Waals surface area contributed by atoms with Gasteiger partial charge >= 0.3 is 0 Å². The smallest absolute Gasteiger partial charge is 0.289 e. The predicted octanol–water partition coefficient (Wildman–Crippen LogP) is 5.54. The van der Waals surface area contributed by atoms with Crippen LogP contribution in [0.3, 0.4) is 0 Å². The molecule has 166 valence electrons. The van der Waals surface area contributed by atoms with Gasteiger partial charge in [-0.05, 0) is 66.2 Å². The summed E-state index contributed by atoms with van der Waals surface area (Å²) >= 11 is 9.21. The van der Waals surface area contributed by atoms with E-state index in [9.17, 15) is 9.90 Å². The third-order valence-electron chi connectivity index (χ3n) is 4.65. The van der Waals surface area contributed by atoms with E-state index in [0.29, 0.717) is 28.6 Å². The first-order chi connectivity index (χ1) is 16.0. The molecule has 1 aromatic heterocycles. The van der Waals surface area contributed by atoms with Gasteiger partial charge in [0.1, 0.15) is 23.8 Å². The summed E-state index contributed by atoms with van der Waals surface area (Å²) in [6.07, 6.45) is 1.36. The van der Waals surface area contributed by atoms with E-state index in [2.05, 4.69) is 36.7 Å². The van der Waals surface area contributed by atoms with Crippen molar-refractivity contribution in [1.29, 1.82) is 0 Å². The van der Waals surface area contributed by atoms with Crippen LogP contribution in [0.4, 0.5) is 0 Å². The maximum atomic E-state index is 12.3. The van der Waals surface area contributed by atoms with Crippen molar-refractivity contribution in [1.82, 2.24) is 15.6 Å². The van der Waals surface area contributed by atoms with Gasteiger partial charge in [-0.25, -0.2) is 5.43 Å². The van der Waals surface area contributed by atoms with Crippen molar-refractivity contribution in [2.24, 2.45) is 5.10 Å². The van der Waals surface area contributed by atoms with Crippen molar-refractivity contribution in [3.63, 3.8) is 0 Å². The highest BCUT2D eigenvalue weighted by Crippen LogP contribution is 2.23. The number of phenols is 1.